The SMILES string of the molecule is CCCN(C)CCN=C=O. The van der Waals surface area contributed by atoms with Crippen LogP contribution < -0.4 is 0 Å². The minimum Gasteiger partial charge on any atom is -0.305 e. The minimum absolute atomic E-state index is 0.569. The molecule has 3 heteroatoms. The van der Waals surface area contributed by atoms with Crippen LogP contribution in [0.3, 0.4) is 0 Å². The smallest absolute Gasteiger partial charge is 0.234 e. The van der Waals surface area contributed by atoms with Gasteiger partial charge in [-0.1, -0.05) is 6.92 Å². The number of hydrogen-bond acceptors (Lipinski definition) is 3. The maximum atomic E-state index is 9.63. The Balaban J connectivity index is 3.20. The Hall–Kier alpha value is -0.660. The highest BCUT2D eigenvalue weighted by molar-refractivity contribution is 5.32. The Labute approximate surface area is 61.7 Å². The molecule has 0 amide bonds. The van der Waals surface area contributed by atoms with Crippen molar-refractivity contribution in [1.82, 2.24) is 4.90 Å². The van der Waals surface area contributed by atoms with E-state index >= 15 is 0 Å². The van der Waals surface area contributed by atoms with Crippen LogP contribution in [0.25, 0.3) is 0 Å². The summed E-state index contributed by atoms with van der Waals surface area (Å²) >= 11 is 0. The first-order chi connectivity index (χ1) is 4.81. The average Bonchev–Trinajstić information content (AvgIpc) is 1.89. The van der Waals surface area contributed by atoms with E-state index in [-0.39, 0.29) is 0 Å². The Morgan fingerprint density at radius 3 is 2.70 bits per heavy atom. The van der Waals surface area contributed by atoms with Crippen molar-refractivity contribution in [1.29, 1.82) is 0 Å². The first kappa shape index (κ1) is 9.34. The largest absolute Gasteiger partial charge is 0.305 e. The van der Waals surface area contributed by atoms with Gasteiger partial charge in [0.05, 0.1) is 6.54 Å². The molecule has 0 aliphatic rings. The maximum absolute atomic E-state index is 9.63. The molecule has 0 aromatic heterocycles. The lowest BCUT2D eigenvalue weighted by Gasteiger charge is -2.12. The van der Waals surface area contributed by atoms with Crippen LogP contribution in [0, 0.1) is 0 Å². The summed E-state index contributed by atoms with van der Waals surface area (Å²) in [6.07, 6.45) is 2.65. The van der Waals surface area contributed by atoms with E-state index in [4.69, 9.17) is 0 Å². The van der Waals surface area contributed by atoms with Crippen molar-refractivity contribution in [3.05, 3.63) is 0 Å². The van der Waals surface area contributed by atoms with Gasteiger partial charge >= 0.3 is 0 Å². The van der Waals surface area contributed by atoms with E-state index in [0.717, 1.165) is 19.5 Å². The molecule has 10 heavy (non-hydrogen) atoms. The monoisotopic (exact) mass is 142 g/mol. The zero-order valence-corrected chi connectivity index (χ0v) is 6.63. The Kier molecular flexibility index (Phi) is 6.03. The standard InChI is InChI=1S/C7H14N2O/c1-3-5-9(2)6-4-8-7-10/h3-6H2,1-2H3. The highest BCUT2D eigenvalue weighted by Gasteiger charge is 1.92. The predicted molar refractivity (Wildman–Crippen MR) is 40.8 cm³/mol. The lowest BCUT2D eigenvalue weighted by atomic mass is 10.4. The third kappa shape index (κ3) is 5.48. The van der Waals surface area contributed by atoms with Crippen molar-refractivity contribution < 1.29 is 4.79 Å². The highest BCUT2D eigenvalue weighted by Crippen LogP contribution is 1.84. The van der Waals surface area contributed by atoms with Gasteiger partial charge in [-0.3, -0.25) is 0 Å². The van der Waals surface area contributed by atoms with Crippen LogP contribution in [0.15, 0.2) is 4.99 Å². The van der Waals surface area contributed by atoms with Gasteiger partial charge in [0.1, 0.15) is 0 Å². The van der Waals surface area contributed by atoms with E-state index in [2.05, 4.69) is 16.8 Å². The lowest BCUT2D eigenvalue weighted by Crippen LogP contribution is -2.22. The van der Waals surface area contributed by atoms with Crippen LogP contribution in [0.1, 0.15) is 13.3 Å². The summed E-state index contributed by atoms with van der Waals surface area (Å²) in [4.78, 5) is 15.2. The van der Waals surface area contributed by atoms with Gasteiger partial charge in [0.15, 0.2) is 0 Å². The third-order valence-electron chi connectivity index (χ3n) is 1.26. The number of likely N-dealkylation sites (N-methyl/N-ethyl adjacent to an activating group) is 1. The molecule has 0 saturated carbocycles. The number of nitrogens with zero attached hydrogens (tertiary/aromatic N) is 2. The van der Waals surface area contributed by atoms with Crippen molar-refractivity contribution in [2.75, 3.05) is 26.7 Å². The molecule has 0 spiro atoms. The van der Waals surface area contributed by atoms with Gasteiger partial charge in [-0.15, -0.1) is 0 Å². The Morgan fingerprint density at radius 2 is 2.20 bits per heavy atom. The van der Waals surface area contributed by atoms with Gasteiger partial charge < -0.3 is 4.90 Å². The van der Waals surface area contributed by atoms with Crippen molar-refractivity contribution in [3.63, 3.8) is 0 Å². The van der Waals surface area contributed by atoms with E-state index < -0.39 is 0 Å². The zero-order valence-electron chi connectivity index (χ0n) is 6.63. The molecule has 0 unspecified atom stereocenters. The molecule has 0 N–H and O–H groups in total. The van der Waals surface area contributed by atoms with Crippen LogP contribution in [-0.4, -0.2) is 37.7 Å². The normalized spacial score (nSPS) is 9.50. The second kappa shape index (κ2) is 6.46. The first-order valence-electron chi connectivity index (χ1n) is 3.53. The summed E-state index contributed by atoms with van der Waals surface area (Å²) in [6, 6.07) is 0. The zero-order chi connectivity index (χ0) is 7.82. The Morgan fingerprint density at radius 1 is 1.50 bits per heavy atom. The van der Waals surface area contributed by atoms with Gasteiger partial charge in [0.25, 0.3) is 0 Å². The number of carbonyl (C=O) groups excluding carboxylic acids is 1. The molecule has 0 bridgehead atoms. The molecular formula is C7H14N2O. The third-order valence-corrected chi connectivity index (χ3v) is 1.26. The first-order valence-corrected chi connectivity index (χ1v) is 3.53. The fourth-order valence-corrected chi connectivity index (χ4v) is 0.760. The van der Waals surface area contributed by atoms with Gasteiger partial charge in [0.2, 0.25) is 6.08 Å². The van der Waals surface area contributed by atoms with E-state index in [1.54, 1.807) is 0 Å². The Bertz CT molecular complexity index is 119. The molecule has 0 atom stereocenters. The van der Waals surface area contributed by atoms with E-state index in [0.29, 0.717) is 6.54 Å². The molecule has 3 nitrogen and oxygen atoms in total. The summed E-state index contributed by atoms with van der Waals surface area (Å²) < 4.78 is 0. The molecule has 0 aromatic carbocycles. The van der Waals surface area contributed by atoms with E-state index in [1.165, 1.54) is 6.08 Å². The second-order valence-electron chi connectivity index (χ2n) is 2.28. The van der Waals surface area contributed by atoms with Crippen molar-refractivity contribution in [2.45, 2.75) is 13.3 Å². The van der Waals surface area contributed by atoms with Crippen LogP contribution in [0.5, 0.6) is 0 Å². The van der Waals surface area contributed by atoms with Crippen LogP contribution in [0.4, 0.5) is 0 Å². The topological polar surface area (TPSA) is 32.7 Å². The van der Waals surface area contributed by atoms with Gasteiger partial charge in [-0.2, -0.15) is 0 Å². The van der Waals surface area contributed by atoms with E-state index in [1.807, 2.05) is 7.05 Å². The van der Waals surface area contributed by atoms with E-state index in [9.17, 15) is 4.79 Å². The molecule has 0 fully saturated rings. The summed E-state index contributed by atoms with van der Waals surface area (Å²) in [5.74, 6) is 0. The summed E-state index contributed by atoms with van der Waals surface area (Å²) in [7, 11) is 2.02. The molecule has 0 rings (SSSR count). The molecule has 0 aromatic rings. The predicted octanol–water partition coefficient (Wildman–Crippen LogP) is 0.664. The van der Waals surface area contributed by atoms with Crippen LogP contribution in [0.2, 0.25) is 0 Å². The highest BCUT2D eigenvalue weighted by atomic mass is 16.1. The van der Waals surface area contributed by atoms with Crippen molar-refractivity contribution in [2.24, 2.45) is 4.99 Å². The summed E-state index contributed by atoms with van der Waals surface area (Å²) in [5.41, 5.74) is 0. The van der Waals surface area contributed by atoms with Gasteiger partial charge in [-0.05, 0) is 20.0 Å². The fourth-order valence-electron chi connectivity index (χ4n) is 0.760. The van der Waals surface area contributed by atoms with Crippen molar-refractivity contribution >= 4 is 6.08 Å². The fraction of sp³-hybridized carbons (Fsp3) is 0.857. The van der Waals surface area contributed by atoms with Crippen molar-refractivity contribution in [3.8, 4) is 0 Å². The number of rotatable bonds is 5. The van der Waals surface area contributed by atoms with Crippen LogP contribution in [-0.2, 0) is 4.79 Å². The van der Waals surface area contributed by atoms with Crippen LogP contribution >= 0.6 is 0 Å². The molecule has 0 aliphatic heterocycles. The lowest BCUT2D eigenvalue weighted by molar-refractivity contribution is 0.344. The number of aliphatic imine (C=N–C) groups is 1. The molecule has 0 radical (unpaired) electrons. The van der Waals surface area contributed by atoms with Gasteiger partial charge in [-0.25, -0.2) is 9.79 Å². The molecule has 0 heterocycles. The van der Waals surface area contributed by atoms with Gasteiger partial charge in [0, 0.05) is 6.54 Å². The molecule has 0 aliphatic carbocycles. The summed E-state index contributed by atoms with van der Waals surface area (Å²) in [5, 5.41) is 0. The number of hydrogen-bond donors (Lipinski definition) is 0. The molecular weight excluding hydrogens is 128 g/mol. The minimum atomic E-state index is 0.569. The number of isocyanates is 1. The second-order valence-corrected chi connectivity index (χ2v) is 2.28. The quantitative estimate of drug-likeness (QED) is 0.417. The maximum Gasteiger partial charge on any atom is 0.234 e. The summed E-state index contributed by atoms with van der Waals surface area (Å²) in [6.45, 7) is 4.61. The average molecular weight is 142 g/mol. The molecule has 0 saturated heterocycles. The molecule has 58 valence electrons.